The van der Waals surface area contributed by atoms with Gasteiger partial charge >= 0.3 is 7.60 Å². The fourth-order valence-corrected chi connectivity index (χ4v) is 0.907. The zero-order valence-corrected chi connectivity index (χ0v) is 5.88. The summed E-state index contributed by atoms with van der Waals surface area (Å²) in [5, 5.41) is 8.56. The van der Waals surface area contributed by atoms with E-state index in [0.29, 0.717) is 0 Å². The van der Waals surface area contributed by atoms with Crippen molar-refractivity contribution in [3.8, 4) is 0 Å². The Bertz CT molecular complexity index is 156. The average molecular weight is 152 g/mol. The van der Waals surface area contributed by atoms with Crippen LogP contribution < -0.4 is 0 Å². The predicted octanol–water partition coefficient (Wildman–Crippen LogP) is 0.626. The van der Waals surface area contributed by atoms with Crippen LogP contribution in [0.4, 0.5) is 0 Å². The summed E-state index contributed by atoms with van der Waals surface area (Å²) in [4.78, 5) is 16.5. The van der Waals surface area contributed by atoms with Crippen molar-refractivity contribution in [2.24, 2.45) is 0 Å². The van der Waals surface area contributed by atoms with Crippen LogP contribution in [0.15, 0.2) is 11.8 Å². The molecule has 0 aromatic rings. The summed E-state index contributed by atoms with van der Waals surface area (Å²) >= 11 is 0. The fourth-order valence-electron chi connectivity index (χ4n) is 0.302. The first-order valence-corrected chi connectivity index (χ1v) is 4.14. The quantitative estimate of drug-likeness (QED) is 0.400. The second-order valence-corrected chi connectivity index (χ2v) is 3.25. The number of rotatable bonds is 2. The molecule has 0 fully saturated rings. The smallest absolute Gasteiger partial charge is 0.333 e. The van der Waals surface area contributed by atoms with Gasteiger partial charge in [0.25, 0.3) is 0 Å². The third-order valence-corrected chi connectivity index (χ3v) is 1.44. The standard InChI is InChI=1S/C4H9O4P/c1-2-4(5)3-9(6,7)8/h2,5H,3H2,1H3,(H2,6,7,8). The lowest BCUT2D eigenvalue weighted by Gasteiger charge is -2.00. The molecule has 0 bridgehead atoms. The number of aliphatic hydroxyl groups excluding tert-OH is 1. The molecule has 0 unspecified atom stereocenters. The molecule has 54 valence electrons. The topological polar surface area (TPSA) is 77.8 Å². The summed E-state index contributed by atoms with van der Waals surface area (Å²) in [6.45, 7) is 1.50. The Labute approximate surface area is 53.0 Å². The van der Waals surface area contributed by atoms with Gasteiger partial charge in [-0.2, -0.15) is 0 Å². The van der Waals surface area contributed by atoms with Gasteiger partial charge in [0.2, 0.25) is 0 Å². The number of allylic oxidation sites excluding steroid dienone is 2. The molecule has 0 spiro atoms. The van der Waals surface area contributed by atoms with Crippen molar-refractivity contribution >= 4 is 7.60 Å². The Morgan fingerprint density at radius 1 is 1.67 bits per heavy atom. The highest BCUT2D eigenvalue weighted by Gasteiger charge is 2.13. The van der Waals surface area contributed by atoms with E-state index in [1.54, 1.807) is 0 Å². The first-order valence-electron chi connectivity index (χ1n) is 2.34. The van der Waals surface area contributed by atoms with Crippen molar-refractivity contribution < 1.29 is 19.5 Å². The normalized spacial score (nSPS) is 13.9. The van der Waals surface area contributed by atoms with E-state index in [9.17, 15) is 4.57 Å². The molecule has 0 amide bonds. The van der Waals surface area contributed by atoms with Gasteiger partial charge in [-0.3, -0.25) is 4.57 Å². The van der Waals surface area contributed by atoms with Crippen LogP contribution in [0.3, 0.4) is 0 Å². The highest BCUT2D eigenvalue weighted by atomic mass is 31.2. The molecule has 0 saturated carbocycles. The third kappa shape index (κ3) is 5.56. The molecule has 0 radical (unpaired) electrons. The summed E-state index contributed by atoms with van der Waals surface area (Å²) < 4.78 is 10.1. The Hall–Kier alpha value is -0.310. The van der Waals surface area contributed by atoms with Gasteiger partial charge in [0.1, 0.15) is 11.9 Å². The molecule has 0 aromatic heterocycles. The second kappa shape index (κ2) is 3.01. The van der Waals surface area contributed by atoms with Crippen molar-refractivity contribution in [1.29, 1.82) is 0 Å². The number of hydrogen-bond donors (Lipinski definition) is 3. The lowest BCUT2D eigenvalue weighted by atomic mass is 10.5. The van der Waals surface area contributed by atoms with Crippen molar-refractivity contribution in [3.63, 3.8) is 0 Å². The predicted molar refractivity (Wildman–Crippen MR) is 33.3 cm³/mol. The summed E-state index contributed by atoms with van der Waals surface area (Å²) in [7, 11) is -4.06. The molecule has 9 heavy (non-hydrogen) atoms. The molecule has 0 aliphatic carbocycles. The van der Waals surface area contributed by atoms with Crippen molar-refractivity contribution in [2.45, 2.75) is 6.92 Å². The van der Waals surface area contributed by atoms with Gasteiger partial charge in [-0.05, 0) is 13.0 Å². The zero-order chi connectivity index (χ0) is 7.49. The van der Waals surface area contributed by atoms with Gasteiger partial charge in [0.05, 0.1) is 0 Å². The first-order chi connectivity index (χ1) is 3.95. The molecule has 0 atom stereocenters. The summed E-state index contributed by atoms with van der Waals surface area (Å²) in [6, 6.07) is 0. The van der Waals surface area contributed by atoms with Crippen LogP contribution in [-0.4, -0.2) is 21.1 Å². The average Bonchev–Trinajstić information content (AvgIpc) is 1.62. The third-order valence-electron chi connectivity index (χ3n) is 0.701. The molecule has 0 aliphatic rings. The van der Waals surface area contributed by atoms with E-state index in [1.165, 1.54) is 13.0 Å². The fraction of sp³-hybridized carbons (Fsp3) is 0.500. The van der Waals surface area contributed by atoms with E-state index in [2.05, 4.69) is 0 Å². The first kappa shape index (κ1) is 8.69. The summed E-state index contributed by atoms with van der Waals surface area (Å²) in [5.41, 5.74) is 0. The molecule has 0 saturated heterocycles. The van der Waals surface area contributed by atoms with Gasteiger partial charge in [0, 0.05) is 0 Å². The Morgan fingerprint density at radius 2 is 2.11 bits per heavy atom. The van der Waals surface area contributed by atoms with Crippen LogP contribution in [0, 0.1) is 0 Å². The molecular formula is C4H9O4P. The minimum atomic E-state index is -4.06. The maximum absolute atomic E-state index is 10.1. The van der Waals surface area contributed by atoms with Crippen LogP contribution in [-0.2, 0) is 4.57 Å². The second-order valence-electron chi connectivity index (χ2n) is 1.60. The molecule has 0 heterocycles. The van der Waals surface area contributed by atoms with E-state index in [0.717, 1.165) is 0 Å². The van der Waals surface area contributed by atoms with Crippen LogP contribution >= 0.6 is 7.60 Å². The Kier molecular flexibility index (Phi) is 2.91. The van der Waals surface area contributed by atoms with Crippen molar-refractivity contribution in [2.75, 3.05) is 6.16 Å². The van der Waals surface area contributed by atoms with E-state index in [-0.39, 0.29) is 5.76 Å². The lowest BCUT2D eigenvalue weighted by Crippen LogP contribution is -1.90. The maximum Gasteiger partial charge on any atom is 0.333 e. The van der Waals surface area contributed by atoms with Gasteiger partial charge in [-0.25, -0.2) is 0 Å². The molecule has 3 N–H and O–H groups in total. The van der Waals surface area contributed by atoms with Gasteiger partial charge < -0.3 is 14.9 Å². The largest absolute Gasteiger partial charge is 0.512 e. The van der Waals surface area contributed by atoms with Gasteiger partial charge in [0.15, 0.2) is 0 Å². The number of aliphatic hydroxyl groups is 1. The van der Waals surface area contributed by atoms with E-state index < -0.39 is 13.8 Å². The Morgan fingerprint density at radius 3 is 2.22 bits per heavy atom. The van der Waals surface area contributed by atoms with Gasteiger partial charge in [-0.15, -0.1) is 0 Å². The monoisotopic (exact) mass is 152 g/mol. The minimum Gasteiger partial charge on any atom is -0.512 e. The molecular weight excluding hydrogens is 143 g/mol. The molecule has 4 nitrogen and oxygen atoms in total. The highest BCUT2D eigenvalue weighted by molar-refractivity contribution is 7.52. The highest BCUT2D eigenvalue weighted by Crippen LogP contribution is 2.35. The SMILES string of the molecule is CC=C(O)CP(=O)(O)O. The van der Waals surface area contributed by atoms with E-state index >= 15 is 0 Å². The zero-order valence-electron chi connectivity index (χ0n) is 4.98. The van der Waals surface area contributed by atoms with Crippen LogP contribution in [0.25, 0.3) is 0 Å². The summed E-state index contributed by atoms with van der Waals surface area (Å²) in [5.74, 6) is -0.275. The lowest BCUT2D eigenvalue weighted by molar-refractivity contribution is 0.356. The molecule has 0 rings (SSSR count). The van der Waals surface area contributed by atoms with E-state index in [1.807, 2.05) is 0 Å². The van der Waals surface area contributed by atoms with Crippen LogP contribution in [0.2, 0.25) is 0 Å². The van der Waals surface area contributed by atoms with Crippen LogP contribution in [0.1, 0.15) is 6.92 Å². The van der Waals surface area contributed by atoms with E-state index in [4.69, 9.17) is 14.9 Å². The van der Waals surface area contributed by atoms with Gasteiger partial charge in [-0.1, -0.05) is 0 Å². The van der Waals surface area contributed by atoms with Crippen LogP contribution in [0.5, 0.6) is 0 Å². The Balaban J connectivity index is 3.90. The maximum atomic E-state index is 10.1. The van der Waals surface area contributed by atoms with Crippen molar-refractivity contribution in [3.05, 3.63) is 11.8 Å². The summed E-state index contributed by atoms with van der Waals surface area (Å²) in [6.07, 6.45) is 0.683. The molecule has 5 heteroatoms. The number of hydrogen-bond acceptors (Lipinski definition) is 2. The molecule has 0 aromatic carbocycles. The minimum absolute atomic E-state index is 0.275. The molecule has 0 aliphatic heterocycles. The van der Waals surface area contributed by atoms with Crippen molar-refractivity contribution in [1.82, 2.24) is 0 Å².